The molecule has 0 spiro atoms. The van der Waals surface area contributed by atoms with Crippen molar-refractivity contribution in [3.05, 3.63) is 35.0 Å². The molecule has 0 fully saturated rings. The van der Waals surface area contributed by atoms with Crippen molar-refractivity contribution >= 4 is 0 Å². The first-order valence-electron chi connectivity index (χ1n) is 4.25. The zero-order chi connectivity index (χ0) is 10.1. The first kappa shape index (κ1) is 10.0. The third-order valence-corrected chi connectivity index (χ3v) is 2.29. The van der Waals surface area contributed by atoms with Crippen LogP contribution < -0.4 is 0 Å². The Morgan fingerprint density at radius 2 is 2.00 bits per heavy atom. The van der Waals surface area contributed by atoms with Gasteiger partial charge in [-0.2, -0.15) is 0 Å². The molecule has 0 bridgehead atoms. The van der Waals surface area contributed by atoms with Crippen LogP contribution in [0.5, 0.6) is 5.75 Å². The van der Waals surface area contributed by atoms with Gasteiger partial charge in [0.2, 0.25) is 0 Å². The van der Waals surface area contributed by atoms with Gasteiger partial charge in [0.1, 0.15) is 11.8 Å². The summed E-state index contributed by atoms with van der Waals surface area (Å²) in [5, 5.41) is 20.8. The maximum absolute atomic E-state index is 11.6. The molecule has 0 radical (unpaired) electrons. The van der Waals surface area contributed by atoms with Gasteiger partial charge in [-0.05, 0) is 19.1 Å². The van der Waals surface area contributed by atoms with Crippen LogP contribution in [-0.2, 0) is 0 Å². The van der Waals surface area contributed by atoms with Crippen molar-refractivity contribution in [2.75, 3.05) is 14.1 Å². The largest absolute Gasteiger partial charge is 0.633 e. The van der Waals surface area contributed by atoms with Crippen molar-refractivity contribution in [2.24, 2.45) is 0 Å². The molecule has 0 amide bonds. The normalized spacial score (nSPS) is 14.2. The average molecular weight is 181 g/mol. The third-order valence-electron chi connectivity index (χ3n) is 2.29. The van der Waals surface area contributed by atoms with Crippen LogP contribution in [0.2, 0.25) is 0 Å². The second-order valence-electron chi connectivity index (χ2n) is 3.71. The lowest BCUT2D eigenvalue weighted by Crippen LogP contribution is -2.35. The predicted molar refractivity (Wildman–Crippen MR) is 52.0 cm³/mol. The highest BCUT2D eigenvalue weighted by Crippen LogP contribution is 2.25. The summed E-state index contributed by atoms with van der Waals surface area (Å²) < 4.78 is -0.385. The molecular weight excluding hydrogens is 166 g/mol. The number of nitrogens with zero attached hydrogens (tertiary/aromatic N) is 1. The fourth-order valence-electron chi connectivity index (χ4n) is 1.14. The highest BCUT2D eigenvalue weighted by atomic mass is 16.5. The third kappa shape index (κ3) is 2.44. The molecule has 72 valence electrons. The van der Waals surface area contributed by atoms with Gasteiger partial charge in [0.15, 0.2) is 0 Å². The number of phenolic OH excluding ortho intramolecular Hbond substituents is 1. The molecular formula is C10H15NO2. The van der Waals surface area contributed by atoms with Crippen LogP contribution in [0.25, 0.3) is 0 Å². The highest BCUT2D eigenvalue weighted by Gasteiger charge is 2.16. The molecule has 0 heterocycles. The number of hydrogen-bond donors (Lipinski definition) is 1. The first-order valence-corrected chi connectivity index (χ1v) is 4.25. The molecule has 1 aromatic rings. The number of hydroxylamine groups is 3. The molecule has 1 unspecified atom stereocenters. The molecule has 0 saturated heterocycles. The summed E-state index contributed by atoms with van der Waals surface area (Å²) in [7, 11) is 3.18. The van der Waals surface area contributed by atoms with E-state index in [2.05, 4.69) is 0 Å². The Bertz CT molecular complexity index is 291. The smallest absolute Gasteiger partial charge is 0.116 e. The van der Waals surface area contributed by atoms with E-state index in [1.54, 1.807) is 32.3 Å². The van der Waals surface area contributed by atoms with E-state index >= 15 is 0 Å². The van der Waals surface area contributed by atoms with Crippen molar-refractivity contribution in [1.29, 1.82) is 0 Å². The topological polar surface area (TPSA) is 43.3 Å². The van der Waals surface area contributed by atoms with Crippen molar-refractivity contribution in [3.63, 3.8) is 0 Å². The Hall–Kier alpha value is -1.06. The van der Waals surface area contributed by atoms with E-state index < -0.39 is 0 Å². The molecule has 3 nitrogen and oxygen atoms in total. The van der Waals surface area contributed by atoms with Crippen molar-refractivity contribution < 1.29 is 9.75 Å². The van der Waals surface area contributed by atoms with Gasteiger partial charge >= 0.3 is 0 Å². The van der Waals surface area contributed by atoms with Gasteiger partial charge in [0.25, 0.3) is 0 Å². The lowest BCUT2D eigenvalue weighted by atomic mass is 10.1. The average Bonchev–Trinajstić information content (AvgIpc) is 2.01. The van der Waals surface area contributed by atoms with E-state index in [1.165, 1.54) is 0 Å². The van der Waals surface area contributed by atoms with Gasteiger partial charge < -0.3 is 15.0 Å². The number of aromatic hydroxyl groups is 1. The quantitative estimate of drug-likeness (QED) is 0.560. The second-order valence-corrected chi connectivity index (χ2v) is 3.71. The molecule has 0 aromatic heterocycles. The zero-order valence-electron chi connectivity index (χ0n) is 8.19. The minimum absolute atomic E-state index is 0.160. The number of benzene rings is 1. The van der Waals surface area contributed by atoms with E-state index in [4.69, 9.17) is 0 Å². The molecule has 1 aromatic carbocycles. The Balaban J connectivity index is 2.96. The van der Waals surface area contributed by atoms with E-state index in [0.717, 1.165) is 5.56 Å². The van der Waals surface area contributed by atoms with Crippen LogP contribution in [0.1, 0.15) is 18.5 Å². The summed E-state index contributed by atoms with van der Waals surface area (Å²) in [4.78, 5) is 0. The minimum atomic E-state index is -0.385. The number of hydrogen-bond acceptors (Lipinski definition) is 2. The van der Waals surface area contributed by atoms with Crippen LogP contribution in [0, 0.1) is 5.21 Å². The SMILES string of the molecule is CC(c1cccc(O)c1)[N+](C)(C)[O-]. The molecule has 0 aliphatic rings. The Morgan fingerprint density at radius 3 is 2.46 bits per heavy atom. The van der Waals surface area contributed by atoms with Crippen LogP contribution in [0.3, 0.4) is 0 Å². The Labute approximate surface area is 78.4 Å². The second kappa shape index (κ2) is 3.36. The standard InChI is InChI=1S/C10H15NO2/c1-8(11(2,3)13)9-5-4-6-10(12)7-9/h4-8,12H,1-3H3. The summed E-state index contributed by atoms with van der Waals surface area (Å²) >= 11 is 0. The summed E-state index contributed by atoms with van der Waals surface area (Å²) in [6.07, 6.45) is 0. The van der Waals surface area contributed by atoms with Crippen LogP contribution in [0.4, 0.5) is 0 Å². The van der Waals surface area contributed by atoms with E-state index in [1.807, 2.05) is 13.0 Å². The zero-order valence-corrected chi connectivity index (χ0v) is 8.19. The molecule has 0 aliphatic heterocycles. The monoisotopic (exact) mass is 181 g/mol. The fraction of sp³-hybridized carbons (Fsp3) is 0.400. The molecule has 1 N–H and O–H groups in total. The van der Waals surface area contributed by atoms with E-state index in [9.17, 15) is 10.3 Å². The van der Waals surface area contributed by atoms with E-state index in [-0.39, 0.29) is 16.4 Å². The molecule has 3 heteroatoms. The first-order chi connectivity index (χ1) is 5.91. The lowest BCUT2D eigenvalue weighted by Gasteiger charge is -2.40. The maximum Gasteiger partial charge on any atom is 0.116 e. The molecule has 1 atom stereocenters. The van der Waals surface area contributed by atoms with Gasteiger partial charge in [-0.1, -0.05) is 12.1 Å². The van der Waals surface area contributed by atoms with Crippen LogP contribution in [0.15, 0.2) is 24.3 Å². The van der Waals surface area contributed by atoms with Crippen molar-refractivity contribution in [1.82, 2.24) is 0 Å². The molecule has 13 heavy (non-hydrogen) atoms. The summed E-state index contributed by atoms with van der Waals surface area (Å²) in [5.74, 6) is 0.206. The lowest BCUT2D eigenvalue weighted by molar-refractivity contribution is -0.870. The van der Waals surface area contributed by atoms with Crippen LogP contribution in [-0.4, -0.2) is 23.8 Å². The maximum atomic E-state index is 11.6. The number of quaternary nitrogens is 1. The van der Waals surface area contributed by atoms with Crippen molar-refractivity contribution in [2.45, 2.75) is 13.0 Å². The number of rotatable bonds is 2. The fourth-order valence-corrected chi connectivity index (χ4v) is 1.14. The Morgan fingerprint density at radius 1 is 1.38 bits per heavy atom. The number of phenols is 1. The van der Waals surface area contributed by atoms with Crippen molar-refractivity contribution in [3.8, 4) is 5.75 Å². The highest BCUT2D eigenvalue weighted by molar-refractivity contribution is 5.28. The summed E-state index contributed by atoms with van der Waals surface area (Å²) in [6, 6.07) is 6.66. The van der Waals surface area contributed by atoms with Gasteiger partial charge in [-0.3, -0.25) is 0 Å². The van der Waals surface area contributed by atoms with Gasteiger partial charge in [-0.15, -0.1) is 0 Å². The Kier molecular flexibility index (Phi) is 2.59. The van der Waals surface area contributed by atoms with Gasteiger partial charge in [-0.25, -0.2) is 0 Å². The van der Waals surface area contributed by atoms with E-state index in [0.29, 0.717) is 0 Å². The molecule has 1 rings (SSSR count). The van der Waals surface area contributed by atoms with Crippen LogP contribution >= 0.6 is 0 Å². The predicted octanol–water partition coefficient (Wildman–Crippen LogP) is 2.03. The molecule has 0 saturated carbocycles. The summed E-state index contributed by atoms with van der Waals surface area (Å²) in [6.45, 7) is 1.85. The van der Waals surface area contributed by atoms with Gasteiger partial charge in [0, 0.05) is 5.56 Å². The minimum Gasteiger partial charge on any atom is -0.633 e. The molecule has 0 aliphatic carbocycles. The van der Waals surface area contributed by atoms with Gasteiger partial charge in [0.05, 0.1) is 14.1 Å². The summed E-state index contributed by atoms with van der Waals surface area (Å²) in [5.41, 5.74) is 0.861.